The van der Waals surface area contributed by atoms with E-state index in [-0.39, 0.29) is 23.4 Å². The first-order valence-electron chi connectivity index (χ1n) is 10.8. The smallest absolute Gasteiger partial charge is 0.269 e. The lowest BCUT2D eigenvalue weighted by Crippen LogP contribution is -2.33. The van der Waals surface area contributed by atoms with Crippen LogP contribution < -0.4 is 14.8 Å². The zero-order chi connectivity index (χ0) is 25.1. The average molecular weight is 497 g/mol. The van der Waals surface area contributed by atoms with Gasteiger partial charge in [-0.15, -0.1) is 5.10 Å². The third kappa shape index (κ3) is 4.97. The highest BCUT2D eigenvalue weighted by Gasteiger charge is 2.19. The van der Waals surface area contributed by atoms with Crippen molar-refractivity contribution in [2.75, 3.05) is 20.0 Å². The second kappa shape index (κ2) is 10.1. The predicted octanol–water partition coefficient (Wildman–Crippen LogP) is 3.88. The summed E-state index contributed by atoms with van der Waals surface area (Å²) in [7, 11) is 3.08. The zero-order valence-corrected chi connectivity index (χ0v) is 20.5. The molecule has 2 aromatic carbocycles. The number of fused-ring (bicyclic) bond motifs is 3. The Hall–Kier alpha value is -3.93. The van der Waals surface area contributed by atoms with Crippen LogP contribution in [0.4, 0.5) is 5.69 Å². The number of rotatable bonds is 9. The molecule has 1 amide bonds. The van der Waals surface area contributed by atoms with Gasteiger partial charge >= 0.3 is 0 Å². The largest absolute Gasteiger partial charge is 0.493 e. The molecular formula is C23H24N6O5S. The maximum Gasteiger partial charge on any atom is 0.269 e. The fourth-order valence-electron chi connectivity index (χ4n) is 3.41. The van der Waals surface area contributed by atoms with Gasteiger partial charge in [0.05, 0.1) is 30.4 Å². The Morgan fingerprint density at radius 3 is 2.49 bits per heavy atom. The maximum atomic E-state index is 12.4. The second-order valence-corrected chi connectivity index (χ2v) is 8.70. The van der Waals surface area contributed by atoms with Crippen molar-refractivity contribution in [3.05, 3.63) is 46.5 Å². The highest BCUT2D eigenvalue weighted by Crippen LogP contribution is 2.35. The number of carbonyl (C=O) groups excluding carboxylic acids is 1. The summed E-state index contributed by atoms with van der Waals surface area (Å²) in [6.07, 6.45) is 0.832. The van der Waals surface area contributed by atoms with E-state index in [0.29, 0.717) is 44.6 Å². The molecule has 182 valence electrons. The molecule has 1 atom stereocenters. The highest BCUT2D eigenvalue weighted by atomic mass is 32.2. The van der Waals surface area contributed by atoms with E-state index in [9.17, 15) is 14.9 Å². The Kier molecular flexibility index (Phi) is 7.01. The zero-order valence-electron chi connectivity index (χ0n) is 19.6. The first-order chi connectivity index (χ1) is 16.8. The first kappa shape index (κ1) is 24.2. The standard InChI is InChI=1S/C23H24N6O5S/c1-5-13(2)24-20(30)12-35-23-25-17-11-19(34-4)18(33-3)10-16(17)22-26-21(27-28(22)23)14-6-8-15(9-7-14)29(31)32/h6-11,13H,5,12H2,1-4H3,(H,24,30). The fraction of sp³-hybridized carbons (Fsp3) is 0.304. The number of nitrogens with zero attached hydrogens (tertiary/aromatic N) is 5. The summed E-state index contributed by atoms with van der Waals surface area (Å²) in [6, 6.07) is 9.59. The van der Waals surface area contributed by atoms with E-state index in [2.05, 4.69) is 10.4 Å². The quantitative estimate of drug-likeness (QED) is 0.159. The minimum absolute atomic E-state index is 0.0231. The molecule has 0 aliphatic heterocycles. The number of nitrogens with one attached hydrogen (secondary N) is 1. The van der Waals surface area contributed by atoms with Crippen LogP contribution >= 0.6 is 11.8 Å². The fourth-order valence-corrected chi connectivity index (χ4v) is 4.16. The summed E-state index contributed by atoms with van der Waals surface area (Å²) in [5, 5.41) is 19.7. The SMILES string of the molecule is CCC(C)NC(=O)CSc1nc2cc(OC)c(OC)cc2c2nc(-c3ccc([N+](=O)[O-])cc3)nn12. The number of ether oxygens (including phenoxy) is 2. The Morgan fingerprint density at radius 1 is 1.17 bits per heavy atom. The van der Waals surface area contributed by atoms with Crippen molar-refractivity contribution in [1.29, 1.82) is 0 Å². The van der Waals surface area contributed by atoms with E-state index in [1.807, 2.05) is 13.8 Å². The van der Waals surface area contributed by atoms with Crippen LogP contribution in [-0.4, -0.2) is 56.4 Å². The third-order valence-electron chi connectivity index (χ3n) is 5.44. The van der Waals surface area contributed by atoms with Crippen molar-refractivity contribution in [3.63, 3.8) is 0 Å². The number of nitro benzene ring substituents is 1. The van der Waals surface area contributed by atoms with Crippen LogP contribution in [0.5, 0.6) is 11.5 Å². The molecule has 0 spiro atoms. The second-order valence-electron chi connectivity index (χ2n) is 7.76. The molecule has 4 rings (SSSR count). The number of nitro groups is 1. The monoisotopic (exact) mass is 496 g/mol. The summed E-state index contributed by atoms with van der Waals surface area (Å²) in [6.45, 7) is 3.95. The minimum Gasteiger partial charge on any atom is -0.493 e. The number of benzene rings is 2. The van der Waals surface area contributed by atoms with Gasteiger partial charge in [0.25, 0.3) is 5.69 Å². The number of carbonyl (C=O) groups is 1. The molecule has 0 radical (unpaired) electrons. The molecule has 35 heavy (non-hydrogen) atoms. The topological polar surface area (TPSA) is 134 Å². The van der Waals surface area contributed by atoms with Gasteiger partial charge in [-0.2, -0.15) is 4.52 Å². The van der Waals surface area contributed by atoms with Gasteiger partial charge in [-0.1, -0.05) is 18.7 Å². The maximum absolute atomic E-state index is 12.4. The van der Waals surface area contributed by atoms with Gasteiger partial charge in [0.15, 0.2) is 28.1 Å². The number of amides is 1. The summed E-state index contributed by atoms with van der Waals surface area (Å²) in [5.74, 6) is 1.43. The Morgan fingerprint density at radius 2 is 1.86 bits per heavy atom. The van der Waals surface area contributed by atoms with Crippen molar-refractivity contribution in [3.8, 4) is 22.9 Å². The summed E-state index contributed by atoms with van der Waals surface area (Å²) in [4.78, 5) is 32.4. The van der Waals surface area contributed by atoms with Gasteiger partial charge in [0.1, 0.15) is 0 Å². The average Bonchev–Trinajstić information content (AvgIpc) is 3.32. The molecule has 1 N–H and O–H groups in total. The van der Waals surface area contributed by atoms with Gasteiger partial charge in [-0.25, -0.2) is 9.97 Å². The van der Waals surface area contributed by atoms with Crippen LogP contribution in [0, 0.1) is 10.1 Å². The van der Waals surface area contributed by atoms with Crippen molar-refractivity contribution in [1.82, 2.24) is 24.9 Å². The molecule has 0 aliphatic carbocycles. The summed E-state index contributed by atoms with van der Waals surface area (Å²) >= 11 is 1.24. The molecule has 0 saturated carbocycles. The number of thioether (sulfide) groups is 1. The molecule has 0 fully saturated rings. The van der Waals surface area contributed by atoms with Crippen molar-refractivity contribution < 1.29 is 19.2 Å². The van der Waals surface area contributed by atoms with E-state index >= 15 is 0 Å². The molecular weight excluding hydrogens is 472 g/mol. The molecule has 2 aromatic heterocycles. The molecule has 11 nitrogen and oxygen atoms in total. The molecule has 0 saturated heterocycles. The van der Waals surface area contributed by atoms with Crippen molar-refractivity contribution >= 4 is 39.9 Å². The van der Waals surface area contributed by atoms with Gasteiger partial charge in [0, 0.05) is 35.2 Å². The van der Waals surface area contributed by atoms with Crippen molar-refractivity contribution in [2.45, 2.75) is 31.5 Å². The summed E-state index contributed by atoms with van der Waals surface area (Å²) in [5.41, 5.74) is 1.69. The van der Waals surface area contributed by atoms with Crippen LogP contribution in [0.2, 0.25) is 0 Å². The van der Waals surface area contributed by atoms with Crippen LogP contribution in [0.15, 0.2) is 41.6 Å². The summed E-state index contributed by atoms with van der Waals surface area (Å²) < 4.78 is 12.4. The number of hydrogen-bond acceptors (Lipinski definition) is 9. The van der Waals surface area contributed by atoms with E-state index < -0.39 is 4.92 Å². The van der Waals surface area contributed by atoms with Crippen LogP contribution in [-0.2, 0) is 4.79 Å². The lowest BCUT2D eigenvalue weighted by atomic mass is 10.2. The first-order valence-corrected chi connectivity index (χ1v) is 11.8. The molecule has 4 aromatic rings. The van der Waals surface area contributed by atoms with Crippen LogP contribution in [0.25, 0.3) is 27.9 Å². The van der Waals surface area contributed by atoms with Crippen LogP contribution in [0.1, 0.15) is 20.3 Å². The molecule has 2 heterocycles. The number of aromatic nitrogens is 4. The number of methoxy groups -OCH3 is 2. The molecule has 0 aliphatic rings. The molecule has 12 heteroatoms. The molecule has 0 bridgehead atoms. The third-order valence-corrected chi connectivity index (χ3v) is 6.36. The number of hydrogen-bond donors (Lipinski definition) is 1. The van der Waals surface area contributed by atoms with Gasteiger partial charge < -0.3 is 14.8 Å². The Labute approximate surface area is 205 Å². The highest BCUT2D eigenvalue weighted by molar-refractivity contribution is 7.99. The Balaban J connectivity index is 1.82. The van der Waals surface area contributed by atoms with Crippen molar-refractivity contribution in [2.24, 2.45) is 0 Å². The predicted molar refractivity (Wildman–Crippen MR) is 132 cm³/mol. The van der Waals surface area contributed by atoms with Crippen LogP contribution in [0.3, 0.4) is 0 Å². The van der Waals surface area contributed by atoms with E-state index in [1.165, 1.54) is 23.9 Å². The van der Waals surface area contributed by atoms with Gasteiger partial charge in [0.2, 0.25) is 5.91 Å². The lowest BCUT2D eigenvalue weighted by molar-refractivity contribution is -0.384. The van der Waals surface area contributed by atoms with Gasteiger partial charge in [-0.05, 0) is 31.5 Å². The van der Waals surface area contributed by atoms with E-state index in [1.54, 1.807) is 43.0 Å². The van der Waals surface area contributed by atoms with E-state index in [0.717, 1.165) is 6.42 Å². The Bertz CT molecular complexity index is 1410. The lowest BCUT2D eigenvalue weighted by Gasteiger charge is -2.12. The normalized spacial score (nSPS) is 12.0. The minimum atomic E-state index is -0.461. The molecule has 1 unspecified atom stereocenters. The van der Waals surface area contributed by atoms with E-state index in [4.69, 9.17) is 19.4 Å². The number of non-ortho nitro benzene ring substituents is 1. The van der Waals surface area contributed by atoms with Gasteiger partial charge in [-0.3, -0.25) is 14.9 Å².